The van der Waals surface area contributed by atoms with Gasteiger partial charge in [-0.2, -0.15) is 0 Å². The summed E-state index contributed by atoms with van der Waals surface area (Å²) in [6.07, 6.45) is 3.85. The van der Waals surface area contributed by atoms with Crippen LogP contribution in [-0.2, 0) is 21.1 Å². The minimum absolute atomic E-state index is 0.284. The molecule has 1 aromatic heterocycles. The Kier molecular flexibility index (Phi) is 6.47. The van der Waals surface area contributed by atoms with Gasteiger partial charge >= 0.3 is 0 Å². The molecule has 172 valence electrons. The Balaban J connectivity index is 1.54. The lowest BCUT2D eigenvalue weighted by Gasteiger charge is -2.12. The van der Waals surface area contributed by atoms with Gasteiger partial charge in [0.05, 0.1) is 27.7 Å². The summed E-state index contributed by atoms with van der Waals surface area (Å²) in [5, 5.41) is 3.78. The van der Waals surface area contributed by atoms with E-state index in [1.165, 1.54) is 5.56 Å². The van der Waals surface area contributed by atoms with E-state index in [0.717, 1.165) is 29.7 Å². The van der Waals surface area contributed by atoms with Crippen molar-refractivity contribution in [3.63, 3.8) is 0 Å². The first kappa shape index (κ1) is 22.9. The summed E-state index contributed by atoms with van der Waals surface area (Å²) in [6, 6.07) is 15.0. The van der Waals surface area contributed by atoms with E-state index in [1.54, 1.807) is 44.3 Å². The Labute approximate surface area is 194 Å². The van der Waals surface area contributed by atoms with Gasteiger partial charge in [0.1, 0.15) is 11.5 Å². The quantitative estimate of drug-likeness (QED) is 0.542. The van der Waals surface area contributed by atoms with Crippen molar-refractivity contribution in [2.75, 3.05) is 5.73 Å². The van der Waals surface area contributed by atoms with Crippen molar-refractivity contribution in [3.05, 3.63) is 71.5 Å². The fourth-order valence-corrected chi connectivity index (χ4v) is 4.78. The highest BCUT2D eigenvalue weighted by Crippen LogP contribution is 2.32. The van der Waals surface area contributed by atoms with Crippen LogP contribution in [0.25, 0.3) is 11.3 Å². The normalized spacial score (nSPS) is 16.0. The van der Waals surface area contributed by atoms with Gasteiger partial charge in [0.15, 0.2) is 15.9 Å². The maximum absolute atomic E-state index is 12.4. The van der Waals surface area contributed by atoms with E-state index in [4.69, 9.17) is 10.6 Å². The third kappa shape index (κ3) is 4.75. The van der Waals surface area contributed by atoms with Gasteiger partial charge in [-0.3, -0.25) is 0 Å². The number of hydrogen-bond acceptors (Lipinski definition) is 7. The molecule has 1 unspecified atom stereocenters. The summed E-state index contributed by atoms with van der Waals surface area (Å²) in [5.41, 5.74) is 11.1. The molecule has 0 saturated carbocycles. The summed E-state index contributed by atoms with van der Waals surface area (Å²) < 4.78 is 24.8. The number of sulfone groups is 1. The first-order chi connectivity index (χ1) is 15.8. The molecule has 0 fully saturated rings. The largest absolute Gasteiger partial charge is 0.385 e. The zero-order valence-electron chi connectivity index (χ0n) is 19.0. The topological polar surface area (TPSA) is 108 Å². The summed E-state index contributed by atoms with van der Waals surface area (Å²) in [5.74, 6) is 0.289. The highest BCUT2D eigenvalue weighted by Gasteiger charge is 2.28. The lowest BCUT2D eigenvalue weighted by Crippen LogP contribution is -2.13. The molecule has 2 aromatic carbocycles. The molecular weight excluding hydrogens is 436 g/mol. The number of anilines is 1. The second-order valence-electron chi connectivity index (χ2n) is 8.43. The minimum Gasteiger partial charge on any atom is -0.385 e. The Morgan fingerprint density at radius 2 is 1.73 bits per heavy atom. The van der Waals surface area contributed by atoms with E-state index in [9.17, 15) is 8.42 Å². The SMILES string of the molecule is CCCc1ccc(C2=NOC(c3nc(-c4ccc(S(=O)(=O)C(C)C)cc4)cnc3N)C2)cc1. The fourth-order valence-electron chi connectivity index (χ4n) is 3.72. The van der Waals surface area contributed by atoms with Crippen LogP contribution < -0.4 is 5.73 Å². The Bertz CT molecular complexity index is 1270. The first-order valence-corrected chi connectivity index (χ1v) is 12.6. The molecule has 0 aliphatic carbocycles. The van der Waals surface area contributed by atoms with Crippen molar-refractivity contribution in [1.29, 1.82) is 0 Å². The van der Waals surface area contributed by atoms with E-state index >= 15 is 0 Å². The molecule has 0 amide bonds. The van der Waals surface area contributed by atoms with Gasteiger partial charge in [-0.05, 0) is 43.5 Å². The molecule has 2 heterocycles. The van der Waals surface area contributed by atoms with E-state index < -0.39 is 21.2 Å². The predicted octanol–water partition coefficient (Wildman–Crippen LogP) is 4.73. The van der Waals surface area contributed by atoms with Gasteiger partial charge in [-0.1, -0.05) is 54.9 Å². The number of aryl methyl sites for hydroxylation is 1. The number of benzene rings is 2. The van der Waals surface area contributed by atoms with Crippen LogP contribution in [0.1, 0.15) is 56.5 Å². The molecule has 1 atom stereocenters. The first-order valence-electron chi connectivity index (χ1n) is 11.1. The zero-order valence-corrected chi connectivity index (χ0v) is 19.8. The van der Waals surface area contributed by atoms with Crippen molar-refractivity contribution in [3.8, 4) is 11.3 Å². The number of nitrogens with zero attached hydrogens (tertiary/aromatic N) is 3. The van der Waals surface area contributed by atoms with Crippen LogP contribution in [0.15, 0.2) is 64.8 Å². The zero-order chi connectivity index (χ0) is 23.6. The predicted molar refractivity (Wildman–Crippen MR) is 130 cm³/mol. The molecule has 3 aromatic rings. The van der Waals surface area contributed by atoms with E-state index in [-0.39, 0.29) is 10.7 Å². The van der Waals surface area contributed by atoms with Crippen LogP contribution in [0, 0.1) is 0 Å². The summed E-state index contributed by atoms with van der Waals surface area (Å²) in [7, 11) is -3.33. The molecule has 1 aliphatic rings. The van der Waals surface area contributed by atoms with Crippen molar-refractivity contribution >= 4 is 21.4 Å². The van der Waals surface area contributed by atoms with Crippen LogP contribution in [-0.4, -0.2) is 29.3 Å². The van der Waals surface area contributed by atoms with Crippen LogP contribution >= 0.6 is 0 Å². The molecule has 0 saturated heterocycles. The molecule has 33 heavy (non-hydrogen) atoms. The lowest BCUT2D eigenvalue weighted by molar-refractivity contribution is 0.0830. The van der Waals surface area contributed by atoms with Crippen LogP contribution in [0.5, 0.6) is 0 Å². The van der Waals surface area contributed by atoms with Crippen LogP contribution in [0.3, 0.4) is 0 Å². The molecule has 0 bridgehead atoms. The van der Waals surface area contributed by atoms with E-state index in [2.05, 4.69) is 46.3 Å². The average molecular weight is 465 g/mol. The second kappa shape index (κ2) is 9.31. The second-order valence-corrected chi connectivity index (χ2v) is 10.9. The molecule has 0 spiro atoms. The van der Waals surface area contributed by atoms with Gasteiger partial charge in [0, 0.05) is 12.0 Å². The van der Waals surface area contributed by atoms with Crippen molar-refractivity contribution in [2.45, 2.75) is 56.3 Å². The molecule has 0 radical (unpaired) electrons. The molecule has 2 N–H and O–H groups in total. The number of nitrogen functional groups attached to an aromatic ring is 1. The third-order valence-corrected chi connectivity index (χ3v) is 7.90. The maximum atomic E-state index is 12.4. The van der Waals surface area contributed by atoms with E-state index in [0.29, 0.717) is 17.8 Å². The highest BCUT2D eigenvalue weighted by molar-refractivity contribution is 7.92. The monoisotopic (exact) mass is 464 g/mol. The molecule has 8 heteroatoms. The Morgan fingerprint density at radius 3 is 2.36 bits per heavy atom. The third-order valence-electron chi connectivity index (χ3n) is 5.73. The number of oxime groups is 1. The number of hydrogen-bond donors (Lipinski definition) is 1. The van der Waals surface area contributed by atoms with Crippen molar-refractivity contribution in [1.82, 2.24) is 9.97 Å². The van der Waals surface area contributed by atoms with Crippen LogP contribution in [0.2, 0.25) is 0 Å². The smallest absolute Gasteiger partial charge is 0.180 e. The Morgan fingerprint density at radius 1 is 1.06 bits per heavy atom. The highest BCUT2D eigenvalue weighted by atomic mass is 32.2. The molecule has 1 aliphatic heterocycles. The number of rotatable bonds is 7. The van der Waals surface area contributed by atoms with Gasteiger partial charge in [-0.25, -0.2) is 18.4 Å². The maximum Gasteiger partial charge on any atom is 0.180 e. The molecule has 7 nitrogen and oxygen atoms in total. The minimum atomic E-state index is -3.33. The van der Waals surface area contributed by atoms with Gasteiger partial charge in [0.25, 0.3) is 0 Å². The van der Waals surface area contributed by atoms with Crippen LogP contribution in [0.4, 0.5) is 5.82 Å². The average Bonchev–Trinajstić information content (AvgIpc) is 3.30. The summed E-state index contributed by atoms with van der Waals surface area (Å²) in [6.45, 7) is 5.49. The van der Waals surface area contributed by atoms with Gasteiger partial charge < -0.3 is 10.6 Å². The summed E-state index contributed by atoms with van der Waals surface area (Å²) >= 11 is 0. The fraction of sp³-hybridized carbons (Fsp3) is 0.320. The van der Waals surface area contributed by atoms with Gasteiger partial charge in [0.2, 0.25) is 0 Å². The molecular formula is C25H28N4O3S. The summed E-state index contributed by atoms with van der Waals surface area (Å²) in [4.78, 5) is 14.9. The Hall–Kier alpha value is -3.26. The number of nitrogens with two attached hydrogens (primary N) is 1. The lowest BCUT2D eigenvalue weighted by atomic mass is 10.0. The van der Waals surface area contributed by atoms with E-state index in [1.807, 2.05) is 0 Å². The molecule has 4 rings (SSSR count). The van der Waals surface area contributed by atoms with Crippen molar-refractivity contribution in [2.24, 2.45) is 5.16 Å². The number of aromatic nitrogens is 2. The van der Waals surface area contributed by atoms with Gasteiger partial charge in [-0.15, -0.1) is 0 Å². The van der Waals surface area contributed by atoms with Crippen molar-refractivity contribution < 1.29 is 13.3 Å². The standard InChI is InChI=1S/C25H28N4O3S/c1-4-5-17-6-8-18(9-7-17)21-14-23(32-29-21)24-25(26)27-15-22(28-24)19-10-12-20(13-11-19)33(30,31)16(2)3/h6-13,15-16,23H,4-5,14H2,1-3H3,(H2,26,27).